The second-order valence-electron chi connectivity index (χ2n) is 7.20. The number of hydrogen-bond donors (Lipinski definition) is 1. The number of rotatable bonds is 1. The Balaban J connectivity index is 1.82. The minimum Gasteiger partial charge on any atom is -0.370 e. The molecule has 0 bridgehead atoms. The lowest BCUT2D eigenvalue weighted by molar-refractivity contribution is -0.0379. The number of aromatic amines is 1. The fourth-order valence-corrected chi connectivity index (χ4v) is 4.85. The minimum absolute atomic E-state index is 0.0424. The summed E-state index contributed by atoms with van der Waals surface area (Å²) in [6.45, 7) is 4.76. The van der Waals surface area contributed by atoms with Crippen LogP contribution in [0.3, 0.4) is 0 Å². The maximum atomic E-state index is 12.7. The molecule has 1 aliphatic heterocycles. The number of nitrogens with zero attached hydrogens (tertiary/aromatic N) is 1. The monoisotopic (exact) mass is 318 g/mol. The number of hydrogen-bond acceptors (Lipinski definition) is 4. The van der Waals surface area contributed by atoms with Crippen LogP contribution in [-0.2, 0) is 17.8 Å². The lowest BCUT2D eigenvalue weighted by Crippen LogP contribution is -2.31. The average Bonchev–Trinajstić information content (AvgIpc) is 2.85. The zero-order valence-electron chi connectivity index (χ0n) is 13.2. The van der Waals surface area contributed by atoms with Crippen molar-refractivity contribution in [1.82, 2.24) is 9.97 Å². The number of thiophene rings is 1. The number of nitrogens with one attached hydrogen (secondary N) is 1. The Morgan fingerprint density at radius 1 is 1.27 bits per heavy atom. The van der Waals surface area contributed by atoms with Gasteiger partial charge in [0.05, 0.1) is 17.6 Å². The Morgan fingerprint density at radius 3 is 2.82 bits per heavy atom. The van der Waals surface area contributed by atoms with Crippen LogP contribution in [0.5, 0.6) is 0 Å². The van der Waals surface area contributed by atoms with Crippen molar-refractivity contribution >= 4 is 21.6 Å². The summed E-state index contributed by atoms with van der Waals surface area (Å²) in [5.74, 6) is 1.33. The Morgan fingerprint density at radius 2 is 2.05 bits per heavy atom. The smallest absolute Gasteiger partial charge is 0.259 e. The second kappa shape index (κ2) is 5.17. The van der Waals surface area contributed by atoms with E-state index in [1.54, 1.807) is 11.3 Å². The Kier molecular flexibility index (Phi) is 3.38. The van der Waals surface area contributed by atoms with Crippen LogP contribution in [0.1, 0.15) is 68.1 Å². The van der Waals surface area contributed by atoms with E-state index < -0.39 is 0 Å². The second-order valence-corrected chi connectivity index (χ2v) is 8.28. The van der Waals surface area contributed by atoms with Crippen molar-refractivity contribution in [3.8, 4) is 0 Å². The van der Waals surface area contributed by atoms with Gasteiger partial charge in [-0.25, -0.2) is 4.98 Å². The highest BCUT2D eigenvalue weighted by Gasteiger charge is 2.31. The highest BCUT2D eigenvalue weighted by Crippen LogP contribution is 2.38. The summed E-state index contributed by atoms with van der Waals surface area (Å²) in [6, 6.07) is 0. The van der Waals surface area contributed by atoms with Crippen LogP contribution in [-0.4, -0.2) is 15.6 Å². The molecular weight excluding hydrogens is 296 g/mol. The topological polar surface area (TPSA) is 55.0 Å². The van der Waals surface area contributed by atoms with Crippen LogP contribution < -0.4 is 5.56 Å². The van der Waals surface area contributed by atoms with Gasteiger partial charge in [-0.2, -0.15) is 0 Å². The molecule has 1 saturated carbocycles. The summed E-state index contributed by atoms with van der Waals surface area (Å²) in [6.07, 6.45) is 6.88. The Bertz CT molecular complexity index is 769. The first kappa shape index (κ1) is 14.4. The molecule has 4 rings (SSSR count). The minimum atomic E-state index is -0.199. The molecule has 22 heavy (non-hydrogen) atoms. The van der Waals surface area contributed by atoms with E-state index in [1.165, 1.54) is 24.1 Å². The summed E-state index contributed by atoms with van der Waals surface area (Å²) in [4.78, 5) is 22.6. The molecule has 5 heteroatoms. The molecule has 0 amide bonds. The van der Waals surface area contributed by atoms with E-state index >= 15 is 0 Å². The lowest BCUT2D eigenvalue weighted by Gasteiger charge is -2.29. The predicted molar refractivity (Wildman–Crippen MR) is 88.6 cm³/mol. The van der Waals surface area contributed by atoms with Gasteiger partial charge >= 0.3 is 0 Å². The largest absolute Gasteiger partial charge is 0.370 e. The standard InChI is InChI=1S/C17H22N2O2S/c1-17(2)8-11-12(9-21-17)22-16-13(11)15(20)18-14(19-16)10-6-4-3-5-7-10/h10H,3-9H2,1-2H3,(H,18,19,20). The van der Waals surface area contributed by atoms with Crippen LogP contribution in [0.2, 0.25) is 0 Å². The van der Waals surface area contributed by atoms with E-state index in [1.807, 2.05) is 0 Å². The van der Waals surface area contributed by atoms with E-state index in [-0.39, 0.29) is 11.2 Å². The molecule has 2 aliphatic rings. The van der Waals surface area contributed by atoms with Crippen LogP contribution in [0.4, 0.5) is 0 Å². The van der Waals surface area contributed by atoms with E-state index in [2.05, 4.69) is 18.8 Å². The molecule has 1 fully saturated rings. The van der Waals surface area contributed by atoms with E-state index in [9.17, 15) is 4.79 Å². The molecule has 1 N–H and O–H groups in total. The summed E-state index contributed by atoms with van der Waals surface area (Å²) >= 11 is 1.64. The Hall–Kier alpha value is -1.20. The maximum absolute atomic E-state index is 12.7. The fourth-order valence-electron chi connectivity index (χ4n) is 3.74. The number of aromatic nitrogens is 2. The molecule has 0 unspecified atom stereocenters. The molecule has 0 spiro atoms. The van der Waals surface area contributed by atoms with Crippen LogP contribution >= 0.6 is 11.3 Å². The van der Waals surface area contributed by atoms with Gasteiger partial charge in [-0.05, 0) is 32.3 Å². The molecule has 118 valence electrons. The molecule has 0 aromatic carbocycles. The van der Waals surface area contributed by atoms with Crippen LogP contribution in [0.15, 0.2) is 4.79 Å². The van der Waals surface area contributed by atoms with Gasteiger partial charge in [0, 0.05) is 17.2 Å². The summed E-state index contributed by atoms with van der Waals surface area (Å²) in [7, 11) is 0. The van der Waals surface area contributed by atoms with Crippen molar-refractivity contribution in [3.05, 3.63) is 26.6 Å². The first-order chi connectivity index (χ1) is 10.5. The van der Waals surface area contributed by atoms with E-state index in [4.69, 9.17) is 9.72 Å². The van der Waals surface area contributed by atoms with Gasteiger partial charge in [-0.15, -0.1) is 11.3 Å². The highest BCUT2D eigenvalue weighted by molar-refractivity contribution is 7.18. The molecule has 2 aromatic heterocycles. The summed E-state index contributed by atoms with van der Waals surface area (Å²) in [5, 5.41) is 0.802. The SMILES string of the molecule is CC1(C)Cc2c(sc3nc(C4CCCCC4)[nH]c(=O)c23)CO1. The van der Waals surface area contributed by atoms with Gasteiger partial charge in [-0.3, -0.25) is 4.79 Å². The Labute approximate surface area is 133 Å². The van der Waals surface area contributed by atoms with E-state index in [0.717, 1.165) is 40.9 Å². The third kappa shape index (κ3) is 2.40. The molecule has 0 radical (unpaired) electrons. The van der Waals surface area contributed by atoms with Gasteiger partial charge in [0.15, 0.2) is 0 Å². The third-order valence-corrected chi connectivity index (χ3v) is 6.05. The quantitative estimate of drug-likeness (QED) is 0.868. The molecule has 1 aliphatic carbocycles. The zero-order chi connectivity index (χ0) is 15.3. The van der Waals surface area contributed by atoms with Gasteiger partial charge < -0.3 is 9.72 Å². The number of fused-ring (bicyclic) bond motifs is 3. The number of H-pyrrole nitrogens is 1. The third-order valence-electron chi connectivity index (χ3n) is 4.95. The average molecular weight is 318 g/mol. The van der Waals surface area contributed by atoms with Crippen molar-refractivity contribution in [1.29, 1.82) is 0 Å². The first-order valence-electron chi connectivity index (χ1n) is 8.22. The summed E-state index contributed by atoms with van der Waals surface area (Å²) in [5.41, 5.74) is 0.996. The molecule has 0 atom stereocenters. The van der Waals surface area contributed by atoms with Gasteiger partial charge in [0.25, 0.3) is 5.56 Å². The van der Waals surface area contributed by atoms with Crippen molar-refractivity contribution in [2.45, 2.75) is 70.5 Å². The van der Waals surface area contributed by atoms with Gasteiger partial charge in [0.2, 0.25) is 0 Å². The fraction of sp³-hybridized carbons (Fsp3) is 0.647. The zero-order valence-corrected chi connectivity index (χ0v) is 14.0. The molecule has 3 heterocycles. The molecule has 0 saturated heterocycles. The van der Waals surface area contributed by atoms with Crippen LogP contribution in [0, 0.1) is 0 Å². The summed E-state index contributed by atoms with van der Waals surface area (Å²) < 4.78 is 5.88. The van der Waals surface area contributed by atoms with Crippen molar-refractivity contribution in [3.63, 3.8) is 0 Å². The van der Waals surface area contributed by atoms with E-state index in [0.29, 0.717) is 12.5 Å². The normalized spacial score (nSPS) is 21.9. The molecular formula is C17H22N2O2S. The maximum Gasteiger partial charge on any atom is 0.259 e. The molecule has 4 nitrogen and oxygen atoms in total. The molecule has 2 aromatic rings. The number of ether oxygens (including phenoxy) is 1. The van der Waals surface area contributed by atoms with Crippen molar-refractivity contribution in [2.24, 2.45) is 0 Å². The first-order valence-corrected chi connectivity index (χ1v) is 9.03. The lowest BCUT2D eigenvalue weighted by atomic mass is 9.88. The van der Waals surface area contributed by atoms with Gasteiger partial charge in [0.1, 0.15) is 10.7 Å². The highest BCUT2D eigenvalue weighted by atomic mass is 32.1. The van der Waals surface area contributed by atoms with Gasteiger partial charge in [-0.1, -0.05) is 19.3 Å². The van der Waals surface area contributed by atoms with Crippen molar-refractivity contribution in [2.75, 3.05) is 0 Å². The van der Waals surface area contributed by atoms with Crippen molar-refractivity contribution < 1.29 is 4.74 Å². The van der Waals surface area contributed by atoms with Crippen LogP contribution in [0.25, 0.3) is 10.2 Å². The predicted octanol–water partition coefficient (Wildman–Crippen LogP) is 3.88.